The second-order valence-corrected chi connectivity index (χ2v) is 9.58. The summed E-state index contributed by atoms with van der Waals surface area (Å²) in [5, 5.41) is 21.8. The van der Waals surface area contributed by atoms with Gasteiger partial charge in [-0.2, -0.15) is 0 Å². The lowest BCUT2D eigenvalue weighted by Crippen LogP contribution is -2.44. The van der Waals surface area contributed by atoms with Crippen LogP contribution in [-0.2, 0) is 19.1 Å². The number of hydrogen-bond donors (Lipinski definition) is 3. The van der Waals surface area contributed by atoms with Crippen molar-refractivity contribution in [2.75, 3.05) is 0 Å². The van der Waals surface area contributed by atoms with E-state index in [1.165, 1.54) is 50.7 Å². The van der Waals surface area contributed by atoms with Crippen LogP contribution in [0, 0.1) is 0 Å². The molecule has 0 saturated carbocycles. The Balaban J connectivity index is 2.48. The monoisotopic (exact) mass is 482 g/mol. The van der Waals surface area contributed by atoms with Gasteiger partial charge >= 0.3 is 11.9 Å². The fourth-order valence-electron chi connectivity index (χ4n) is 3.39. The van der Waals surface area contributed by atoms with Gasteiger partial charge in [0.15, 0.2) is 0 Å². The van der Waals surface area contributed by atoms with Gasteiger partial charge in [-0.05, 0) is 33.6 Å². The van der Waals surface area contributed by atoms with Crippen molar-refractivity contribution >= 4 is 17.8 Å². The molecule has 0 aromatic carbocycles. The molecule has 0 unspecified atom stereocenters. The molecule has 0 fully saturated rings. The zero-order valence-corrected chi connectivity index (χ0v) is 21.1. The van der Waals surface area contributed by atoms with E-state index in [0.29, 0.717) is 11.2 Å². The number of amides is 1. The maximum atomic E-state index is 12.6. The highest BCUT2D eigenvalue weighted by Gasteiger charge is 2.27. The minimum atomic E-state index is -1.01. The highest BCUT2D eigenvalue weighted by molar-refractivity contribution is 5.85. The predicted octanol–water partition coefficient (Wildman–Crippen LogP) is 4.38. The quantitative estimate of drug-likeness (QED) is 0.236. The number of carbonyl (C=O) groups is 3. The molecule has 194 valence electrons. The maximum Gasteiger partial charge on any atom is 0.333 e. The van der Waals surface area contributed by atoms with E-state index in [-0.39, 0.29) is 18.7 Å². The number of nitrogens with zero attached hydrogens (tertiary/aromatic N) is 1. The SMILES string of the molecule is CCCCCCCCCCCC(=O)N[C@@H](CCC(=O)On1c(O)ccc1O)C(=O)OC(C)(C)C. The summed E-state index contributed by atoms with van der Waals surface area (Å²) < 4.78 is 5.96. The van der Waals surface area contributed by atoms with Crippen molar-refractivity contribution in [1.29, 1.82) is 0 Å². The predicted molar refractivity (Wildman–Crippen MR) is 128 cm³/mol. The first-order valence-electron chi connectivity index (χ1n) is 12.4. The van der Waals surface area contributed by atoms with Gasteiger partial charge in [-0.25, -0.2) is 9.59 Å². The smallest absolute Gasteiger partial charge is 0.333 e. The molecule has 0 saturated heterocycles. The summed E-state index contributed by atoms with van der Waals surface area (Å²) in [4.78, 5) is 42.0. The molecule has 34 heavy (non-hydrogen) atoms. The highest BCUT2D eigenvalue weighted by atomic mass is 16.7. The van der Waals surface area contributed by atoms with Crippen molar-refractivity contribution in [3.8, 4) is 11.8 Å². The average molecular weight is 483 g/mol. The molecule has 0 aliphatic heterocycles. The van der Waals surface area contributed by atoms with Gasteiger partial charge in [0.2, 0.25) is 17.7 Å². The van der Waals surface area contributed by atoms with Crippen LogP contribution in [0.4, 0.5) is 0 Å². The van der Waals surface area contributed by atoms with Crippen LogP contribution >= 0.6 is 0 Å². The van der Waals surface area contributed by atoms with Crippen LogP contribution in [0.5, 0.6) is 11.8 Å². The first kappa shape index (κ1) is 29.3. The Bertz CT molecular complexity index is 748. The number of nitrogens with one attached hydrogen (secondary N) is 1. The number of ether oxygens (including phenoxy) is 1. The fourth-order valence-corrected chi connectivity index (χ4v) is 3.39. The minimum Gasteiger partial charge on any atom is -0.492 e. The van der Waals surface area contributed by atoms with Crippen molar-refractivity contribution in [2.24, 2.45) is 0 Å². The molecule has 0 aliphatic carbocycles. The molecule has 9 heteroatoms. The minimum absolute atomic E-state index is 0.0416. The van der Waals surface area contributed by atoms with Gasteiger partial charge in [0.1, 0.15) is 11.6 Å². The molecule has 1 atom stereocenters. The number of unbranched alkanes of at least 4 members (excludes halogenated alkanes) is 8. The topological polar surface area (TPSA) is 127 Å². The van der Waals surface area contributed by atoms with Crippen molar-refractivity contribution < 1.29 is 34.2 Å². The van der Waals surface area contributed by atoms with Crippen LogP contribution in [0.2, 0.25) is 0 Å². The van der Waals surface area contributed by atoms with Crippen LogP contribution in [0.3, 0.4) is 0 Å². The number of hydrogen-bond acceptors (Lipinski definition) is 7. The Kier molecular flexibility index (Phi) is 13.1. The van der Waals surface area contributed by atoms with Crippen LogP contribution < -0.4 is 10.2 Å². The van der Waals surface area contributed by atoms with Gasteiger partial charge < -0.3 is 25.1 Å². The number of carbonyl (C=O) groups excluding carboxylic acids is 3. The van der Waals surface area contributed by atoms with Gasteiger partial charge in [-0.1, -0.05) is 58.3 Å². The zero-order valence-electron chi connectivity index (χ0n) is 21.1. The Morgan fingerprint density at radius 1 is 0.912 bits per heavy atom. The number of aromatic hydroxyl groups is 2. The number of esters is 1. The molecular weight excluding hydrogens is 440 g/mol. The lowest BCUT2D eigenvalue weighted by atomic mass is 10.1. The van der Waals surface area contributed by atoms with E-state index in [0.717, 1.165) is 19.3 Å². The molecular formula is C25H42N2O7. The number of rotatable bonds is 16. The molecule has 0 bridgehead atoms. The number of aromatic nitrogens is 1. The summed E-state index contributed by atoms with van der Waals surface area (Å²) >= 11 is 0. The summed E-state index contributed by atoms with van der Waals surface area (Å²) in [5.41, 5.74) is -0.750. The van der Waals surface area contributed by atoms with Crippen LogP contribution in [0.1, 0.15) is 105 Å². The second-order valence-electron chi connectivity index (χ2n) is 9.58. The Labute approximate surface area is 202 Å². The van der Waals surface area contributed by atoms with E-state index < -0.39 is 35.3 Å². The Hall–Kier alpha value is -2.71. The lowest BCUT2D eigenvalue weighted by Gasteiger charge is -2.24. The largest absolute Gasteiger partial charge is 0.492 e. The van der Waals surface area contributed by atoms with Crippen molar-refractivity contribution in [2.45, 2.75) is 116 Å². The molecule has 1 rings (SSSR count). The maximum absolute atomic E-state index is 12.6. The molecule has 3 N–H and O–H groups in total. The molecule has 0 radical (unpaired) electrons. The van der Waals surface area contributed by atoms with Gasteiger partial charge in [0.05, 0.1) is 6.42 Å². The average Bonchev–Trinajstić information content (AvgIpc) is 3.06. The van der Waals surface area contributed by atoms with E-state index in [1.54, 1.807) is 20.8 Å². The first-order valence-corrected chi connectivity index (χ1v) is 12.4. The molecule has 0 aliphatic rings. The van der Waals surface area contributed by atoms with Gasteiger partial charge in [0.25, 0.3) is 0 Å². The summed E-state index contributed by atoms with van der Waals surface area (Å²) in [6, 6.07) is 1.32. The van der Waals surface area contributed by atoms with Gasteiger partial charge in [-0.15, -0.1) is 4.73 Å². The van der Waals surface area contributed by atoms with Crippen LogP contribution in [0.25, 0.3) is 0 Å². The third kappa shape index (κ3) is 12.5. The molecule has 1 aromatic rings. The summed E-state index contributed by atoms with van der Waals surface area (Å²) in [7, 11) is 0. The zero-order chi connectivity index (χ0) is 25.6. The standard InChI is InChI=1S/C25H42N2O7/c1-5-6-7-8-9-10-11-12-13-14-20(28)26-19(24(32)33-25(2,3)4)15-18-23(31)34-27-21(29)16-17-22(27)30/h16-17,19,29-30H,5-15,18H2,1-4H3,(H,26,28)/t19-/m0/s1. The molecule has 1 aromatic heterocycles. The third-order valence-corrected chi connectivity index (χ3v) is 5.16. The molecule has 9 nitrogen and oxygen atoms in total. The highest BCUT2D eigenvalue weighted by Crippen LogP contribution is 2.19. The summed E-state index contributed by atoms with van der Waals surface area (Å²) in [6.07, 6.45) is 10.2. The first-order chi connectivity index (χ1) is 16.0. The second kappa shape index (κ2) is 15.2. The van der Waals surface area contributed by atoms with E-state index in [2.05, 4.69) is 12.2 Å². The summed E-state index contributed by atoms with van der Waals surface area (Å²) in [6.45, 7) is 7.36. The normalized spacial score (nSPS) is 12.2. The third-order valence-electron chi connectivity index (χ3n) is 5.16. The molecule has 0 spiro atoms. The van der Waals surface area contributed by atoms with Crippen LogP contribution in [0.15, 0.2) is 12.1 Å². The summed E-state index contributed by atoms with van der Waals surface area (Å²) in [5.74, 6) is -2.57. The molecule has 1 heterocycles. The van der Waals surface area contributed by atoms with E-state index in [9.17, 15) is 24.6 Å². The van der Waals surface area contributed by atoms with Crippen molar-refractivity contribution in [1.82, 2.24) is 10.0 Å². The van der Waals surface area contributed by atoms with Crippen LogP contribution in [-0.4, -0.2) is 44.4 Å². The Morgan fingerprint density at radius 3 is 1.97 bits per heavy atom. The van der Waals surface area contributed by atoms with Crippen molar-refractivity contribution in [3.05, 3.63) is 12.1 Å². The lowest BCUT2D eigenvalue weighted by molar-refractivity contribution is -0.159. The fraction of sp³-hybridized carbons (Fsp3) is 0.720. The molecule has 1 amide bonds. The van der Waals surface area contributed by atoms with E-state index >= 15 is 0 Å². The van der Waals surface area contributed by atoms with Gasteiger partial charge in [0, 0.05) is 18.6 Å². The van der Waals surface area contributed by atoms with Crippen molar-refractivity contribution in [3.63, 3.8) is 0 Å². The Morgan fingerprint density at radius 2 is 1.44 bits per heavy atom. The van der Waals surface area contributed by atoms with E-state index in [4.69, 9.17) is 9.57 Å². The van der Waals surface area contributed by atoms with Gasteiger partial charge in [-0.3, -0.25) is 4.79 Å². The van der Waals surface area contributed by atoms with E-state index in [1.807, 2.05) is 0 Å².